The third-order valence-electron chi connectivity index (χ3n) is 1.24. The van der Waals surface area contributed by atoms with Gasteiger partial charge >= 0.3 is 5.97 Å². The Morgan fingerprint density at radius 2 is 2.23 bits per heavy atom. The quantitative estimate of drug-likeness (QED) is 0.612. The SMILES string of the molecule is O=C(O)C=Cc1cc(Cl)cnc1Cl. The van der Waals surface area contributed by atoms with Gasteiger partial charge in [0.2, 0.25) is 0 Å². The van der Waals surface area contributed by atoms with Crippen LogP contribution in [0.25, 0.3) is 6.08 Å². The predicted molar refractivity (Wildman–Crippen MR) is 50.9 cm³/mol. The molecule has 0 saturated heterocycles. The Morgan fingerprint density at radius 1 is 1.54 bits per heavy atom. The second kappa shape index (κ2) is 4.25. The Bertz CT molecular complexity index is 363. The van der Waals surface area contributed by atoms with Crippen molar-refractivity contribution in [1.29, 1.82) is 0 Å². The van der Waals surface area contributed by atoms with Crippen molar-refractivity contribution in [2.45, 2.75) is 0 Å². The molecule has 0 saturated carbocycles. The summed E-state index contributed by atoms with van der Waals surface area (Å²) in [4.78, 5) is 13.9. The van der Waals surface area contributed by atoms with E-state index in [0.717, 1.165) is 6.08 Å². The van der Waals surface area contributed by atoms with E-state index in [2.05, 4.69) is 4.98 Å². The first-order valence-electron chi connectivity index (χ1n) is 3.31. The molecule has 0 aliphatic carbocycles. The van der Waals surface area contributed by atoms with Crippen LogP contribution in [0.3, 0.4) is 0 Å². The first-order valence-corrected chi connectivity index (χ1v) is 4.07. The fourth-order valence-corrected chi connectivity index (χ4v) is 1.05. The van der Waals surface area contributed by atoms with Crippen molar-refractivity contribution in [3.63, 3.8) is 0 Å². The maximum atomic E-state index is 10.2. The van der Waals surface area contributed by atoms with Gasteiger partial charge in [-0.05, 0) is 12.1 Å². The first-order chi connectivity index (χ1) is 6.09. The van der Waals surface area contributed by atoms with Crippen LogP contribution in [0.1, 0.15) is 5.56 Å². The van der Waals surface area contributed by atoms with E-state index < -0.39 is 5.97 Å². The molecule has 0 fully saturated rings. The molecule has 3 nitrogen and oxygen atoms in total. The van der Waals surface area contributed by atoms with Gasteiger partial charge in [-0.25, -0.2) is 9.78 Å². The number of carbonyl (C=O) groups is 1. The molecule has 0 aliphatic heterocycles. The van der Waals surface area contributed by atoms with Gasteiger partial charge in [0, 0.05) is 17.8 Å². The van der Waals surface area contributed by atoms with E-state index in [9.17, 15) is 4.79 Å². The van der Waals surface area contributed by atoms with Gasteiger partial charge in [-0.15, -0.1) is 0 Å². The molecule has 1 aromatic heterocycles. The minimum absolute atomic E-state index is 0.224. The number of hydrogen-bond donors (Lipinski definition) is 1. The van der Waals surface area contributed by atoms with Crippen molar-refractivity contribution in [2.75, 3.05) is 0 Å². The van der Waals surface area contributed by atoms with Gasteiger partial charge in [0.25, 0.3) is 0 Å². The molecule has 1 aromatic rings. The number of carboxylic acid groups (broad SMARTS) is 1. The van der Waals surface area contributed by atoms with E-state index in [1.807, 2.05) is 0 Å². The summed E-state index contributed by atoms with van der Waals surface area (Å²) in [5.74, 6) is -1.05. The zero-order valence-electron chi connectivity index (χ0n) is 6.37. The van der Waals surface area contributed by atoms with Gasteiger partial charge in [-0.2, -0.15) is 0 Å². The van der Waals surface area contributed by atoms with Crippen LogP contribution in [-0.4, -0.2) is 16.1 Å². The minimum Gasteiger partial charge on any atom is -0.478 e. The summed E-state index contributed by atoms with van der Waals surface area (Å²) in [6.07, 6.45) is 3.70. The smallest absolute Gasteiger partial charge is 0.328 e. The molecule has 0 atom stereocenters. The summed E-state index contributed by atoms with van der Waals surface area (Å²) < 4.78 is 0. The van der Waals surface area contributed by atoms with E-state index in [-0.39, 0.29) is 5.15 Å². The summed E-state index contributed by atoms with van der Waals surface area (Å²) in [6.45, 7) is 0. The highest BCUT2D eigenvalue weighted by molar-refractivity contribution is 6.33. The first kappa shape index (κ1) is 10.0. The van der Waals surface area contributed by atoms with E-state index in [4.69, 9.17) is 28.3 Å². The van der Waals surface area contributed by atoms with Crippen molar-refractivity contribution in [3.8, 4) is 0 Å². The summed E-state index contributed by atoms with van der Waals surface area (Å²) in [5.41, 5.74) is 0.483. The van der Waals surface area contributed by atoms with Gasteiger partial charge < -0.3 is 5.11 Å². The summed E-state index contributed by atoms with van der Waals surface area (Å²) >= 11 is 11.3. The maximum absolute atomic E-state index is 10.2. The lowest BCUT2D eigenvalue weighted by atomic mass is 10.2. The number of hydrogen-bond acceptors (Lipinski definition) is 2. The average Bonchev–Trinajstić information content (AvgIpc) is 2.06. The molecule has 0 radical (unpaired) electrons. The van der Waals surface area contributed by atoms with Crippen LogP contribution in [-0.2, 0) is 4.79 Å². The van der Waals surface area contributed by atoms with E-state index in [1.54, 1.807) is 0 Å². The third kappa shape index (κ3) is 3.05. The lowest BCUT2D eigenvalue weighted by molar-refractivity contribution is -0.131. The topological polar surface area (TPSA) is 50.2 Å². The number of aromatic nitrogens is 1. The molecule has 0 amide bonds. The van der Waals surface area contributed by atoms with Crippen LogP contribution in [0.4, 0.5) is 0 Å². The fourth-order valence-electron chi connectivity index (χ4n) is 0.716. The molecule has 0 unspecified atom stereocenters. The molecule has 1 N–H and O–H groups in total. The summed E-state index contributed by atoms with van der Waals surface area (Å²) in [6, 6.07) is 1.54. The second-order valence-corrected chi connectivity index (χ2v) is 3.00. The fraction of sp³-hybridized carbons (Fsp3) is 0. The second-order valence-electron chi connectivity index (χ2n) is 2.21. The predicted octanol–water partition coefficient (Wildman–Crippen LogP) is 2.49. The summed E-state index contributed by atoms with van der Waals surface area (Å²) in [7, 11) is 0. The van der Waals surface area contributed by atoms with Crippen molar-refractivity contribution in [2.24, 2.45) is 0 Å². The van der Waals surface area contributed by atoms with Crippen LogP contribution < -0.4 is 0 Å². The van der Waals surface area contributed by atoms with E-state index in [0.29, 0.717) is 10.6 Å². The Morgan fingerprint density at radius 3 is 2.85 bits per heavy atom. The molecule has 0 bridgehead atoms. The zero-order chi connectivity index (χ0) is 9.84. The molecule has 0 spiro atoms. The number of halogens is 2. The lowest BCUT2D eigenvalue weighted by Gasteiger charge is -1.96. The van der Waals surface area contributed by atoms with Gasteiger partial charge in [0.05, 0.1) is 5.02 Å². The van der Waals surface area contributed by atoms with E-state index >= 15 is 0 Å². The van der Waals surface area contributed by atoms with Gasteiger partial charge in [-0.1, -0.05) is 23.2 Å². The van der Waals surface area contributed by atoms with Gasteiger partial charge in [-0.3, -0.25) is 0 Å². The maximum Gasteiger partial charge on any atom is 0.328 e. The average molecular weight is 218 g/mol. The van der Waals surface area contributed by atoms with Crippen molar-refractivity contribution in [1.82, 2.24) is 4.98 Å². The van der Waals surface area contributed by atoms with Crippen molar-refractivity contribution >= 4 is 35.2 Å². The van der Waals surface area contributed by atoms with Crippen molar-refractivity contribution in [3.05, 3.63) is 34.1 Å². The number of aliphatic carboxylic acids is 1. The van der Waals surface area contributed by atoms with Crippen LogP contribution in [0.15, 0.2) is 18.3 Å². The molecular weight excluding hydrogens is 213 g/mol. The van der Waals surface area contributed by atoms with Gasteiger partial charge in [0.15, 0.2) is 0 Å². The molecule has 68 valence electrons. The normalized spacial score (nSPS) is 10.6. The monoisotopic (exact) mass is 217 g/mol. The highest BCUT2D eigenvalue weighted by Gasteiger charge is 1.99. The molecule has 0 aromatic carbocycles. The Balaban J connectivity index is 3.00. The third-order valence-corrected chi connectivity index (χ3v) is 1.76. The minimum atomic E-state index is -1.05. The Kier molecular flexibility index (Phi) is 3.28. The number of carboxylic acids is 1. The Hall–Kier alpha value is -1.06. The van der Waals surface area contributed by atoms with Crippen LogP contribution >= 0.6 is 23.2 Å². The summed E-state index contributed by atoms with van der Waals surface area (Å²) in [5, 5.41) is 8.99. The van der Waals surface area contributed by atoms with Crippen molar-refractivity contribution < 1.29 is 9.90 Å². The molecule has 5 heteroatoms. The van der Waals surface area contributed by atoms with E-state index in [1.165, 1.54) is 18.3 Å². The number of pyridine rings is 1. The number of rotatable bonds is 2. The van der Waals surface area contributed by atoms with Gasteiger partial charge in [0.1, 0.15) is 5.15 Å². The molecule has 0 aliphatic rings. The standard InChI is InChI=1S/C8H5Cl2NO2/c9-6-3-5(1-2-7(12)13)8(10)11-4-6/h1-4H,(H,12,13). The molecule has 1 heterocycles. The molecule has 13 heavy (non-hydrogen) atoms. The van der Waals surface area contributed by atoms with Crippen LogP contribution in [0, 0.1) is 0 Å². The Labute approximate surface area is 84.6 Å². The van der Waals surface area contributed by atoms with Crippen LogP contribution in [0.2, 0.25) is 10.2 Å². The number of nitrogens with zero attached hydrogens (tertiary/aromatic N) is 1. The van der Waals surface area contributed by atoms with Crippen LogP contribution in [0.5, 0.6) is 0 Å². The molecular formula is C8H5Cl2NO2. The highest BCUT2D eigenvalue weighted by Crippen LogP contribution is 2.18. The molecule has 1 rings (SSSR count). The zero-order valence-corrected chi connectivity index (χ0v) is 7.88. The lowest BCUT2D eigenvalue weighted by Crippen LogP contribution is -1.87. The highest BCUT2D eigenvalue weighted by atomic mass is 35.5. The largest absolute Gasteiger partial charge is 0.478 e.